The van der Waals surface area contributed by atoms with E-state index in [2.05, 4.69) is 42.2 Å². The number of imidazole rings is 1. The molecule has 1 aromatic heterocycles. The fourth-order valence-corrected chi connectivity index (χ4v) is 2.40. The van der Waals surface area contributed by atoms with Crippen LogP contribution in [0, 0.1) is 18.3 Å². The Morgan fingerprint density at radius 3 is 2.74 bits per heavy atom. The normalized spacial score (nSPS) is 10.4. The molecule has 2 rings (SSSR count). The predicted molar refractivity (Wildman–Crippen MR) is 74.8 cm³/mol. The van der Waals surface area contributed by atoms with Crippen LogP contribution in [0.3, 0.4) is 0 Å². The maximum atomic E-state index is 9.15. The minimum absolute atomic E-state index is 0.0823. The van der Waals surface area contributed by atoms with Crippen molar-refractivity contribution in [3.05, 3.63) is 47.3 Å². The van der Waals surface area contributed by atoms with Crippen molar-refractivity contribution in [3.8, 4) is 6.07 Å². The molecule has 0 amide bonds. The standard InChI is InChI=1S/C14H15N3OS/c1-11-2-4-12(5-3-11)8-17-9-13(10-18)16-14(17)19-7-6-15/h2-5,9,18H,7-8,10H2,1H3. The Labute approximate surface area is 116 Å². The molecule has 5 heteroatoms. The minimum atomic E-state index is -0.0823. The molecular formula is C14H15N3OS. The molecule has 0 spiro atoms. The summed E-state index contributed by atoms with van der Waals surface area (Å²) in [6.07, 6.45) is 1.83. The van der Waals surface area contributed by atoms with Gasteiger partial charge in [0.05, 0.1) is 24.1 Å². The van der Waals surface area contributed by atoms with Crippen LogP contribution < -0.4 is 0 Å². The van der Waals surface area contributed by atoms with Crippen molar-refractivity contribution in [2.24, 2.45) is 0 Å². The van der Waals surface area contributed by atoms with E-state index in [1.165, 1.54) is 22.9 Å². The minimum Gasteiger partial charge on any atom is -0.390 e. The Kier molecular flexibility index (Phi) is 4.61. The highest BCUT2D eigenvalue weighted by molar-refractivity contribution is 7.99. The van der Waals surface area contributed by atoms with Gasteiger partial charge in [-0.3, -0.25) is 0 Å². The number of hydrogen-bond acceptors (Lipinski definition) is 4. The average molecular weight is 273 g/mol. The number of hydrogen-bond donors (Lipinski definition) is 1. The van der Waals surface area contributed by atoms with Crippen LogP contribution in [0.5, 0.6) is 0 Å². The summed E-state index contributed by atoms with van der Waals surface area (Å²) < 4.78 is 1.97. The fourth-order valence-electron chi connectivity index (χ4n) is 1.74. The third kappa shape index (κ3) is 3.60. The quantitative estimate of drug-likeness (QED) is 0.849. The predicted octanol–water partition coefficient (Wildman–Crippen LogP) is 2.35. The summed E-state index contributed by atoms with van der Waals surface area (Å²) >= 11 is 1.39. The molecule has 0 fully saturated rings. The summed E-state index contributed by atoms with van der Waals surface area (Å²) in [6.45, 7) is 2.67. The van der Waals surface area contributed by atoms with Gasteiger partial charge in [-0.2, -0.15) is 5.26 Å². The number of aliphatic hydroxyl groups excluding tert-OH is 1. The number of benzene rings is 1. The molecule has 1 heterocycles. The number of aliphatic hydroxyl groups is 1. The van der Waals surface area contributed by atoms with Crippen LogP contribution in [-0.4, -0.2) is 20.4 Å². The van der Waals surface area contributed by atoms with E-state index < -0.39 is 0 Å². The van der Waals surface area contributed by atoms with Crippen molar-refractivity contribution in [3.63, 3.8) is 0 Å². The van der Waals surface area contributed by atoms with Crippen molar-refractivity contribution in [2.75, 3.05) is 5.75 Å². The van der Waals surface area contributed by atoms with E-state index in [9.17, 15) is 0 Å². The van der Waals surface area contributed by atoms with Crippen LogP contribution >= 0.6 is 11.8 Å². The van der Waals surface area contributed by atoms with Crippen molar-refractivity contribution in [1.29, 1.82) is 5.26 Å². The monoisotopic (exact) mass is 273 g/mol. The van der Waals surface area contributed by atoms with Gasteiger partial charge in [0.2, 0.25) is 0 Å². The van der Waals surface area contributed by atoms with E-state index in [4.69, 9.17) is 10.4 Å². The molecule has 4 nitrogen and oxygen atoms in total. The van der Waals surface area contributed by atoms with Crippen molar-refractivity contribution < 1.29 is 5.11 Å². The lowest BCUT2D eigenvalue weighted by molar-refractivity contribution is 0.277. The number of aryl methyl sites for hydroxylation is 1. The number of aromatic nitrogens is 2. The second kappa shape index (κ2) is 6.41. The van der Waals surface area contributed by atoms with Crippen molar-refractivity contribution >= 4 is 11.8 Å². The summed E-state index contributed by atoms with van der Waals surface area (Å²) in [5.74, 6) is 0.357. The smallest absolute Gasteiger partial charge is 0.169 e. The van der Waals surface area contributed by atoms with Crippen LogP contribution in [0.1, 0.15) is 16.8 Å². The van der Waals surface area contributed by atoms with Gasteiger partial charge < -0.3 is 9.67 Å². The molecular weight excluding hydrogens is 258 g/mol. The van der Waals surface area contributed by atoms with E-state index in [1.54, 1.807) is 0 Å². The molecule has 0 unspecified atom stereocenters. The summed E-state index contributed by atoms with van der Waals surface area (Å²) in [5.41, 5.74) is 3.03. The second-order valence-corrected chi connectivity index (χ2v) is 5.18. The third-order valence-corrected chi connectivity index (χ3v) is 3.55. The molecule has 0 atom stereocenters. The van der Waals surface area contributed by atoms with E-state index in [-0.39, 0.29) is 6.61 Å². The molecule has 0 aliphatic carbocycles. The fraction of sp³-hybridized carbons (Fsp3) is 0.286. The summed E-state index contributed by atoms with van der Waals surface area (Å²) in [7, 11) is 0. The molecule has 0 aliphatic heterocycles. The number of nitriles is 1. The Morgan fingerprint density at radius 1 is 1.37 bits per heavy atom. The zero-order valence-electron chi connectivity index (χ0n) is 10.7. The first kappa shape index (κ1) is 13.7. The number of nitrogens with zero attached hydrogens (tertiary/aromatic N) is 3. The highest BCUT2D eigenvalue weighted by Gasteiger charge is 2.08. The van der Waals surface area contributed by atoms with Crippen LogP contribution in [-0.2, 0) is 13.2 Å². The molecule has 1 aromatic carbocycles. The lowest BCUT2D eigenvalue weighted by atomic mass is 10.1. The Balaban J connectivity index is 2.20. The maximum Gasteiger partial charge on any atom is 0.169 e. The zero-order chi connectivity index (χ0) is 13.7. The highest BCUT2D eigenvalue weighted by Crippen LogP contribution is 2.19. The first-order valence-electron chi connectivity index (χ1n) is 5.95. The van der Waals surface area contributed by atoms with Crippen LogP contribution in [0.25, 0.3) is 0 Å². The van der Waals surface area contributed by atoms with Gasteiger partial charge in [0.1, 0.15) is 0 Å². The van der Waals surface area contributed by atoms with E-state index in [0.29, 0.717) is 18.0 Å². The van der Waals surface area contributed by atoms with Gasteiger partial charge >= 0.3 is 0 Å². The largest absolute Gasteiger partial charge is 0.390 e. The molecule has 0 radical (unpaired) electrons. The first-order chi connectivity index (χ1) is 9.22. The molecule has 19 heavy (non-hydrogen) atoms. The van der Waals surface area contributed by atoms with Gasteiger partial charge in [0.15, 0.2) is 5.16 Å². The first-order valence-corrected chi connectivity index (χ1v) is 6.93. The highest BCUT2D eigenvalue weighted by atomic mass is 32.2. The molecule has 1 N–H and O–H groups in total. The Morgan fingerprint density at radius 2 is 2.11 bits per heavy atom. The Hall–Kier alpha value is -1.77. The topological polar surface area (TPSA) is 61.8 Å². The maximum absolute atomic E-state index is 9.15. The zero-order valence-corrected chi connectivity index (χ0v) is 11.5. The second-order valence-electron chi connectivity index (χ2n) is 4.23. The van der Waals surface area contributed by atoms with E-state index >= 15 is 0 Å². The third-order valence-electron chi connectivity index (χ3n) is 2.69. The SMILES string of the molecule is Cc1ccc(Cn2cc(CO)nc2SCC#N)cc1. The van der Waals surface area contributed by atoms with Crippen LogP contribution in [0.4, 0.5) is 0 Å². The average Bonchev–Trinajstić information content (AvgIpc) is 2.81. The van der Waals surface area contributed by atoms with Gasteiger partial charge in [-0.05, 0) is 12.5 Å². The molecule has 98 valence electrons. The van der Waals surface area contributed by atoms with Gasteiger partial charge in [-0.15, -0.1) is 0 Å². The number of thioether (sulfide) groups is 1. The van der Waals surface area contributed by atoms with E-state index in [0.717, 1.165) is 5.16 Å². The van der Waals surface area contributed by atoms with Crippen molar-refractivity contribution in [1.82, 2.24) is 9.55 Å². The van der Waals surface area contributed by atoms with Gasteiger partial charge in [0, 0.05) is 12.7 Å². The molecule has 0 bridgehead atoms. The summed E-state index contributed by atoms with van der Waals surface area (Å²) in [5, 5.41) is 18.6. The number of rotatable bonds is 5. The molecule has 0 saturated carbocycles. The van der Waals surface area contributed by atoms with Gasteiger partial charge in [0.25, 0.3) is 0 Å². The summed E-state index contributed by atoms with van der Waals surface area (Å²) in [6, 6.07) is 10.4. The van der Waals surface area contributed by atoms with E-state index in [1.807, 2.05) is 10.8 Å². The Bertz CT molecular complexity index is 584. The lowest BCUT2D eigenvalue weighted by Gasteiger charge is -2.06. The molecule has 0 aliphatic rings. The summed E-state index contributed by atoms with van der Waals surface area (Å²) in [4.78, 5) is 4.30. The van der Waals surface area contributed by atoms with Crippen LogP contribution in [0.15, 0.2) is 35.6 Å². The van der Waals surface area contributed by atoms with Gasteiger partial charge in [-0.1, -0.05) is 41.6 Å². The molecule has 2 aromatic rings. The van der Waals surface area contributed by atoms with Gasteiger partial charge in [-0.25, -0.2) is 4.98 Å². The molecule has 0 saturated heterocycles. The van der Waals surface area contributed by atoms with Crippen molar-refractivity contribution in [2.45, 2.75) is 25.2 Å². The lowest BCUT2D eigenvalue weighted by Crippen LogP contribution is -2.00. The van der Waals surface area contributed by atoms with Crippen LogP contribution in [0.2, 0.25) is 0 Å².